The van der Waals surface area contributed by atoms with E-state index in [1.165, 1.54) is 21.2 Å². The maximum atomic E-state index is 13.8. The van der Waals surface area contributed by atoms with Gasteiger partial charge in [-0.3, -0.25) is 4.31 Å². The Morgan fingerprint density at radius 1 is 1.10 bits per heavy atom. The standard InChI is InChI=1S/C29H40N4O3S2.2ClH/c1-19(2)33(38(34,35)29-21(5)32-22(6)37-29)25-14-15-27(36-20(3)4)24(17-25)18-31-26-13-10-16-30-28(26)23-11-8-7-9-12-23;;/h7-9,11-12,14-15,17,19-20,26,28,30-31H,10,13,16,18H2,1-6H3;2*1H. The summed E-state index contributed by atoms with van der Waals surface area (Å²) in [6, 6.07) is 16.4. The molecule has 4 rings (SSSR count). The van der Waals surface area contributed by atoms with Crippen LogP contribution in [-0.2, 0) is 16.6 Å². The average molecular weight is 630 g/mol. The summed E-state index contributed by atoms with van der Waals surface area (Å²) in [5, 5.41) is 8.17. The van der Waals surface area contributed by atoms with E-state index in [2.05, 4.69) is 39.9 Å². The number of benzene rings is 2. The Kier molecular flexibility index (Phi) is 12.7. The van der Waals surface area contributed by atoms with E-state index in [0.717, 1.165) is 35.7 Å². The summed E-state index contributed by atoms with van der Waals surface area (Å²) in [4.78, 5) is 4.37. The number of piperidine rings is 1. The number of rotatable bonds is 10. The van der Waals surface area contributed by atoms with Gasteiger partial charge >= 0.3 is 0 Å². The summed E-state index contributed by atoms with van der Waals surface area (Å²) in [5.41, 5.74) is 3.37. The van der Waals surface area contributed by atoms with Crippen LogP contribution in [0.15, 0.2) is 52.7 Å². The molecule has 1 aliphatic rings. The van der Waals surface area contributed by atoms with Crippen molar-refractivity contribution in [2.75, 3.05) is 10.8 Å². The van der Waals surface area contributed by atoms with Crippen LogP contribution in [0.1, 0.15) is 68.4 Å². The molecule has 11 heteroatoms. The van der Waals surface area contributed by atoms with Crippen molar-refractivity contribution in [3.8, 4) is 5.75 Å². The minimum Gasteiger partial charge on any atom is -0.491 e. The lowest BCUT2D eigenvalue weighted by Gasteiger charge is -2.34. The fourth-order valence-corrected chi connectivity index (χ4v) is 8.34. The summed E-state index contributed by atoms with van der Waals surface area (Å²) >= 11 is 1.22. The monoisotopic (exact) mass is 628 g/mol. The lowest BCUT2D eigenvalue weighted by molar-refractivity contribution is 0.238. The van der Waals surface area contributed by atoms with Gasteiger partial charge in [-0.25, -0.2) is 13.4 Å². The normalized spacial score (nSPS) is 17.3. The van der Waals surface area contributed by atoms with Crippen molar-refractivity contribution in [3.63, 3.8) is 0 Å². The molecule has 40 heavy (non-hydrogen) atoms. The van der Waals surface area contributed by atoms with E-state index in [9.17, 15) is 8.42 Å². The molecule has 222 valence electrons. The first-order valence-electron chi connectivity index (χ1n) is 13.4. The van der Waals surface area contributed by atoms with E-state index in [-0.39, 0.29) is 49.0 Å². The Morgan fingerprint density at radius 3 is 2.40 bits per heavy atom. The zero-order valence-corrected chi connectivity index (χ0v) is 27.3. The Labute approximate surface area is 256 Å². The van der Waals surface area contributed by atoms with Crippen molar-refractivity contribution in [3.05, 3.63) is 70.4 Å². The molecule has 0 aliphatic carbocycles. The predicted molar refractivity (Wildman–Crippen MR) is 170 cm³/mol. The molecule has 1 aromatic heterocycles. The lowest BCUT2D eigenvalue weighted by atomic mass is 9.92. The van der Waals surface area contributed by atoms with E-state index in [0.29, 0.717) is 22.1 Å². The third-order valence-electron chi connectivity index (χ3n) is 6.66. The first-order valence-corrected chi connectivity index (χ1v) is 15.6. The SMILES string of the molecule is Cc1nc(C)c(S(=O)(=O)N(c2ccc(OC(C)C)c(CNC3CCCNC3c3ccccc3)c2)C(C)C)s1.Cl.Cl. The molecule has 2 atom stereocenters. The van der Waals surface area contributed by atoms with Gasteiger partial charge in [0.2, 0.25) is 0 Å². The molecule has 2 N–H and O–H groups in total. The summed E-state index contributed by atoms with van der Waals surface area (Å²) in [7, 11) is -3.78. The van der Waals surface area contributed by atoms with E-state index in [1.807, 2.05) is 58.9 Å². The van der Waals surface area contributed by atoms with Crippen LogP contribution in [0.25, 0.3) is 0 Å². The van der Waals surface area contributed by atoms with Gasteiger partial charge in [-0.2, -0.15) is 0 Å². The molecule has 1 fully saturated rings. The number of halogens is 2. The zero-order chi connectivity index (χ0) is 27.4. The van der Waals surface area contributed by atoms with Gasteiger partial charge in [0.1, 0.15) is 5.75 Å². The lowest BCUT2D eigenvalue weighted by Crippen LogP contribution is -2.45. The molecule has 0 bridgehead atoms. The molecule has 0 radical (unpaired) electrons. The summed E-state index contributed by atoms with van der Waals surface area (Å²) in [5.74, 6) is 0.766. The Balaban J connectivity index is 0.00000280. The molecular weight excluding hydrogens is 587 g/mol. The van der Waals surface area contributed by atoms with Crippen molar-refractivity contribution in [1.29, 1.82) is 0 Å². The second-order valence-corrected chi connectivity index (χ2v) is 13.6. The number of nitrogens with zero attached hydrogens (tertiary/aromatic N) is 2. The van der Waals surface area contributed by atoms with Gasteiger partial charge < -0.3 is 15.4 Å². The van der Waals surface area contributed by atoms with Crippen LogP contribution < -0.4 is 19.7 Å². The Bertz CT molecular complexity index is 1330. The minimum absolute atomic E-state index is 0. The highest BCUT2D eigenvalue weighted by atomic mass is 35.5. The number of hydrogen-bond acceptors (Lipinski definition) is 7. The zero-order valence-electron chi connectivity index (χ0n) is 24.0. The molecular formula is C29H42Cl2N4O3S2. The highest BCUT2D eigenvalue weighted by molar-refractivity contribution is 7.94. The van der Waals surface area contributed by atoms with Crippen LogP contribution in [0.3, 0.4) is 0 Å². The fraction of sp³-hybridized carbons (Fsp3) is 0.483. The average Bonchev–Trinajstić information content (AvgIpc) is 3.22. The number of hydrogen-bond donors (Lipinski definition) is 2. The molecule has 7 nitrogen and oxygen atoms in total. The molecule has 1 saturated heterocycles. The molecule has 0 amide bonds. The number of aromatic nitrogens is 1. The maximum Gasteiger partial charge on any atom is 0.275 e. The van der Waals surface area contributed by atoms with Crippen molar-refractivity contribution in [1.82, 2.24) is 15.6 Å². The molecule has 3 aromatic rings. The second kappa shape index (κ2) is 14.8. The summed E-state index contributed by atoms with van der Waals surface area (Å²) < 4.78 is 35.6. The van der Waals surface area contributed by atoms with Gasteiger partial charge in [0.15, 0.2) is 4.21 Å². The highest BCUT2D eigenvalue weighted by Crippen LogP contribution is 2.34. The number of sulfonamides is 1. The van der Waals surface area contributed by atoms with Crippen LogP contribution in [0.5, 0.6) is 5.75 Å². The minimum atomic E-state index is -3.78. The van der Waals surface area contributed by atoms with Crippen LogP contribution in [0.4, 0.5) is 5.69 Å². The van der Waals surface area contributed by atoms with Crippen LogP contribution in [0.2, 0.25) is 0 Å². The number of ether oxygens (including phenoxy) is 1. The van der Waals surface area contributed by atoms with E-state index >= 15 is 0 Å². The number of nitrogens with one attached hydrogen (secondary N) is 2. The first-order chi connectivity index (χ1) is 18.1. The third kappa shape index (κ3) is 7.89. The molecule has 1 aliphatic heterocycles. The van der Waals surface area contributed by atoms with Crippen molar-refractivity contribution < 1.29 is 13.2 Å². The van der Waals surface area contributed by atoms with Crippen molar-refractivity contribution >= 4 is 51.9 Å². The number of aryl methyl sites for hydroxylation is 2. The molecule has 2 aromatic carbocycles. The predicted octanol–water partition coefficient (Wildman–Crippen LogP) is 6.58. The van der Waals surface area contributed by atoms with Gasteiger partial charge in [-0.15, -0.1) is 36.2 Å². The third-order valence-corrected chi connectivity index (χ3v) is 10.3. The van der Waals surface area contributed by atoms with Gasteiger partial charge in [-0.1, -0.05) is 30.3 Å². The Hall–Kier alpha value is -1.88. The van der Waals surface area contributed by atoms with Gasteiger partial charge in [0, 0.05) is 30.2 Å². The molecule has 2 unspecified atom stereocenters. The summed E-state index contributed by atoms with van der Waals surface area (Å²) in [6.07, 6.45) is 2.16. The molecule has 0 saturated carbocycles. The van der Waals surface area contributed by atoms with Crippen LogP contribution >= 0.6 is 36.2 Å². The topological polar surface area (TPSA) is 83.6 Å². The van der Waals surface area contributed by atoms with E-state index in [4.69, 9.17) is 4.74 Å². The van der Waals surface area contributed by atoms with Crippen molar-refractivity contribution in [2.45, 2.75) is 89.4 Å². The highest BCUT2D eigenvalue weighted by Gasteiger charge is 2.32. The molecule has 0 spiro atoms. The van der Waals surface area contributed by atoms with Crippen LogP contribution in [-0.4, -0.2) is 38.1 Å². The van der Waals surface area contributed by atoms with Gasteiger partial charge in [0.05, 0.1) is 22.5 Å². The number of anilines is 1. The largest absolute Gasteiger partial charge is 0.491 e. The van der Waals surface area contributed by atoms with Crippen LogP contribution in [0, 0.1) is 13.8 Å². The first kappa shape index (κ1) is 34.3. The van der Waals surface area contributed by atoms with E-state index in [1.54, 1.807) is 6.92 Å². The smallest absolute Gasteiger partial charge is 0.275 e. The second-order valence-electron chi connectivity index (χ2n) is 10.4. The maximum absolute atomic E-state index is 13.8. The van der Waals surface area contributed by atoms with E-state index < -0.39 is 10.0 Å². The summed E-state index contributed by atoms with van der Waals surface area (Å²) in [6.45, 7) is 12.9. The van der Waals surface area contributed by atoms with Crippen molar-refractivity contribution in [2.24, 2.45) is 0 Å². The fourth-order valence-electron chi connectivity index (χ4n) is 5.13. The molecule has 2 heterocycles. The number of thiazole rings is 1. The quantitative estimate of drug-likeness (QED) is 0.264. The van der Waals surface area contributed by atoms with Gasteiger partial charge in [0.25, 0.3) is 10.0 Å². The van der Waals surface area contributed by atoms with Gasteiger partial charge in [-0.05, 0) is 84.7 Å². The Morgan fingerprint density at radius 2 is 1.80 bits per heavy atom.